The topological polar surface area (TPSA) is 78.9 Å². The lowest BCUT2D eigenvalue weighted by Gasteiger charge is -2.26. The zero-order valence-electron chi connectivity index (χ0n) is 16.2. The Labute approximate surface area is 155 Å². The van der Waals surface area contributed by atoms with Crippen LogP contribution in [0, 0.1) is 13.8 Å². The summed E-state index contributed by atoms with van der Waals surface area (Å²) in [6.45, 7) is 7.83. The summed E-state index contributed by atoms with van der Waals surface area (Å²) in [5.74, 6) is 0.493. The molecule has 0 unspecified atom stereocenters. The highest BCUT2D eigenvalue weighted by atomic mass is 16.5. The van der Waals surface area contributed by atoms with E-state index < -0.39 is 17.7 Å². The van der Waals surface area contributed by atoms with E-state index >= 15 is 0 Å². The number of hydrogen-bond donors (Lipinski definition) is 2. The van der Waals surface area contributed by atoms with Crippen LogP contribution in [0.15, 0.2) is 18.2 Å². The van der Waals surface area contributed by atoms with E-state index in [0.29, 0.717) is 12.8 Å². The van der Waals surface area contributed by atoms with E-state index in [9.17, 15) is 14.7 Å². The van der Waals surface area contributed by atoms with E-state index in [1.54, 1.807) is 0 Å². The number of para-hydroxylation sites is 1. The molecule has 1 heterocycles. The van der Waals surface area contributed by atoms with Crippen molar-refractivity contribution in [1.29, 1.82) is 0 Å². The minimum absolute atomic E-state index is 0.0251. The Bertz CT molecular complexity index is 633. The molecule has 1 aliphatic rings. The number of carbonyl (C=O) groups is 2. The van der Waals surface area contributed by atoms with E-state index in [-0.39, 0.29) is 19.1 Å². The van der Waals surface area contributed by atoms with Gasteiger partial charge in [-0.05, 0) is 37.8 Å². The average Bonchev–Trinajstić information content (AvgIpc) is 2.79. The number of amides is 3. The van der Waals surface area contributed by atoms with Crippen molar-refractivity contribution in [2.24, 2.45) is 0 Å². The number of nitrogens with one attached hydrogen (secondary N) is 1. The van der Waals surface area contributed by atoms with Crippen LogP contribution < -0.4 is 10.1 Å². The molecule has 3 amide bonds. The SMILES string of the molecule is CCCC1(CCC)NC(=O)N(C[C@H](O)COc2c(C)cccc2C)C1=O. The first-order valence-corrected chi connectivity index (χ1v) is 9.35. The van der Waals surface area contributed by atoms with Crippen LogP contribution in [0.5, 0.6) is 5.75 Å². The van der Waals surface area contributed by atoms with Gasteiger partial charge in [0.1, 0.15) is 24.0 Å². The fourth-order valence-electron chi connectivity index (χ4n) is 3.63. The largest absolute Gasteiger partial charge is 0.490 e. The second-order valence-electron chi connectivity index (χ2n) is 7.11. The van der Waals surface area contributed by atoms with Crippen LogP contribution in [-0.2, 0) is 4.79 Å². The van der Waals surface area contributed by atoms with Gasteiger partial charge in [0.25, 0.3) is 5.91 Å². The van der Waals surface area contributed by atoms with Crippen molar-refractivity contribution in [1.82, 2.24) is 10.2 Å². The third kappa shape index (κ3) is 4.18. The van der Waals surface area contributed by atoms with Crippen LogP contribution in [0.1, 0.15) is 50.7 Å². The molecule has 0 radical (unpaired) electrons. The molecular weight excluding hydrogens is 332 g/mol. The van der Waals surface area contributed by atoms with Gasteiger partial charge in [-0.3, -0.25) is 9.69 Å². The van der Waals surface area contributed by atoms with Gasteiger partial charge in [-0.25, -0.2) is 4.79 Å². The second-order valence-corrected chi connectivity index (χ2v) is 7.11. The summed E-state index contributed by atoms with van der Waals surface area (Å²) in [6, 6.07) is 5.40. The average molecular weight is 362 g/mol. The minimum atomic E-state index is -0.942. The number of nitrogens with zero attached hydrogens (tertiary/aromatic N) is 1. The lowest BCUT2D eigenvalue weighted by atomic mass is 9.88. The zero-order valence-corrected chi connectivity index (χ0v) is 16.2. The summed E-state index contributed by atoms with van der Waals surface area (Å²) in [6.07, 6.45) is 1.88. The standard InChI is InChI=1S/C20H30N2O4/c1-5-10-20(11-6-2)18(24)22(19(25)21-20)12-16(23)13-26-17-14(3)8-7-9-15(17)4/h7-9,16,23H,5-6,10-13H2,1-4H3,(H,21,25)/t16-/m0/s1. The molecule has 0 bridgehead atoms. The fraction of sp³-hybridized carbons (Fsp3) is 0.600. The van der Waals surface area contributed by atoms with E-state index in [2.05, 4.69) is 5.32 Å². The normalized spacial score (nSPS) is 17.3. The van der Waals surface area contributed by atoms with Gasteiger partial charge in [-0.2, -0.15) is 0 Å². The van der Waals surface area contributed by atoms with Crippen molar-refractivity contribution < 1.29 is 19.4 Å². The quantitative estimate of drug-likeness (QED) is 0.662. The van der Waals surface area contributed by atoms with Crippen LogP contribution >= 0.6 is 0 Å². The van der Waals surface area contributed by atoms with Gasteiger partial charge in [0.2, 0.25) is 0 Å². The summed E-state index contributed by atoms with van der Waals surface area (Å²) < 4.78 is 5.74. The molecule has 0 aromatic heterocycles. The van der Waals surface area contributed by atoms with Gasteiger partial charge >= 0.3 is 6.03 Å². The Morgan fingerprint density at radius 3 is 2.27 bits per heavy atom. The van der Waals surface area contributed by atoms with Gasteiger partial charge in [-0.15, -0.1) is 0 Å². The summed E-state index contributed by atoms with van der Waals surface area (Å²) in [5.41, 5.74) is 1.14. The highest BCUT2D eigenvalue weighted by molar-refractivity contribution is 6.07. The number of hydrogen-bond acceptors (Lipinski definition) is 4. The lowest BCUT2D eigenvalue weighted by molar-refractivity contribution is -0.133. The third-order valence-corrected chi connectivity index (χ3v) is 4.82. The molecule has 2 N–H and O–H groups in total. The number of aliphatic hydroxyl groups excluding tert-OH is 1. The molecule has 144 valence electrons. The van der Waals surface area contributed by atoms with Crippen molar-refractivity contribution in [3.05, 3.63) is 29.3 Å². The number of aryl methyl sites for hydroxylation is 2. The minimum Gasteiger partial charge on any atom is -0.490 e. The van der Waals surface area contributed by atoms with Crippen molar-refractivity contribution in [3.63, 3.8) is 0 Å². The van der Waals surface area contributed by atoms with Crippen LogP contribution in [0.25, 0.3) is 0 Å². The predicted octanol–water partition coefficient (Wildman–Crippen LogP) is 2.93. The Kier molecular flexibility index (Phi) is 6.64. The van der Waals surface area contributed by atoms with E-state index in [4.69, 9.17) is 4.74 Å². The first-order valence-electron chi connectivity index (χ1n) is 9.35. The van der Waals surface area contributed by atoms with Crippen molar-refractivity contribution in [2.45, 2.75) is 65.0 Å². The van der Waals surface area contributed by atoms with Crippen LogP contribution in [0.3, 0.4) is 0 Å². The summed E-state index contributed by atoms with van der Waals surface area (Å²) in [7, 11) is 0. The molecule has 1 aromatic carbocycles. The molecule has 1 fully saturated rings. The smallest absolute Gasteiger partial charge is 0.325 e. The number of aliphatic hydroxyl groups is 1. The van der Waals surface area contributed by atoms with Crippen LogP contribution in [-0.4, -0.2) is 46.7 Å². The highest BCUT2D eigenvalue weighted by Crippen LogP contribution is 2.28. The molecular formula is C20H30N2O4. The van der Waals surface area contributed by atoms with Crippen LogP contribution in [0.4, 0.5) is 4.79 Å². The Morgan fingerprint density at radius 1 is 1.15 bits per heavy atom. The predicted molar refractivity (Wildman–Crippen MR) is 100 cm³/mol. The van der Waals surface area contributed by atoms with E-state index in [1.165, 1.54) is 0 Å². The third-order valence-electron chi connectivity index (χ3n) is 4.82. The van der Waals surface area contributed by atoms with Crippen molar-refractivity contribution in [2.75, 3.05) is 13.2 Å². The Morgan fingerprint density at radius 2 is 1.73 bits per heavy atom. The molecule has 0 aliphatic carbocycles. The molecule has 2 rings (SSSR count). The molecule has 0 spiro atoms. The number of ether oxygens (including phenoxy) is 1. The maximum atomic E-state index is 12.8. The van der Waals surface area contributed by atoms with Crippen molar-refractivity contribution in [3.8, 4) is 5.75 Å². The molecule has 1 aromatic rings. The number of benzene rings is 1. The van der Waals surface area contributed by atoms with Gasteiger partial charge in [0.05, 0.1) is 6.54 Å². The maximum Gasteiger partial charge on any atom is 0.325 e. The Balaban J connectivity index is 2.01. The fourth-order valence-corrected chi connectivity index (χ4v) is 3.63. The second kappa shape index (κ2) is 8.54. The molecule has 1 saturated heterocycles. The monoisotopic (exact) mass is 362 g/mol. The van der Waals surface area contributed by atoms with E-state index in [1.807, 2.05) is 45.9 Å². The summed E-state index contributed by atoms with van der Waals surface area (Å²) in [5, 5.41) is 13.2. The lowest BCUT2D eigenvalue weighted by Crippen LogP contribution is -2.47. The molecule has 1 aliphatic heterocycles. The summed E-state index contributed by atoms with van der Waals surface area (Å²) >= 11 is 0. The van der Waals surface area contributed by atoms with Gasteiger partial charge in [-0.1, -0.05) is 44.9 Å². The van der Waals surface area contributed by atoms with Gasteiger partial charge < -0.3 is 15.2 Å². The maximum absolute atomic E-state index is 12.8. The van der Waals surface area contributed by atoms with Crippen LogP contribution in [0.2, 0.25) is 0 Å². The molecule has 6 nitrogen and oxygen atoms in total. The number of rotatable bonds is 9. The summed E-state index contributed by atoms with van der Waals surface area (Å²) in [4.78, 5) is 26.3. The Hall–Kier alpha value is -2.08. The van der Waals surface area contributed by atoms with Gasteiger partial charge in [0, 0.05) is 0 Å². The molecule has 26 heavy (non-hydrogen) atoms. The number of imide groups is 1. The molecule has 0 saturated carbocycles. The molecule has 1 atom stereocenters. The number of urea groups is 1. The van der Waals surface area contributed by atoms with E-state index in [0.717, 1.165) is 34.6 Å². The first-order chi connectivity index (χ1) is 12.3. The number of β-amino-alcohol motifs (C(OH)–C–C–N with tert-alkyl or cyclic N) is 1. The zero-order chi connectivity index (χ0) is 19.3. The highest BCUT2D eigenvalue weighted by Gasteiger charge is 2.50. The first kappa shape index (κ1) is 20.2. The number of carbonyl (C=O) groups excluding carboxylic acids is 2. The molecule has 6 heteroatoms. The van der Waals surface area contributed by atoms with Crippen molar-refractivity contribution >= 4 is 11.9 Å². The van der Waals surface area contributed by atoms with Gasteiger partial charge in [0.15, 0.2) is 0 Å².